The quantitative estimate of drug-likeness (QED) is 0.695. The van der Waals surface area contributed by atoms with Crippen molar-refractivity contribution in [1.82, 2.24) is 0 Å². The van der Waals surface area contributed by atoms with Crippen molar-refractivity contribution in [3.63, 3.8) is 0 Å². The van der Waals surface area contributed by atoms with Gasteiger partial charge in [0.2, 0.25) is 0 Å². The number of carbonyl (C=O) groups is 1. The molecule has 2 nitrogen and oxygen atoms in total. The molecule has 0 N–H and O–H groups in total. The lowest BCUT2D eigenvalue weighted by Crippen LogP contribution is -2.20. The van der Waals surface area contributed by atoms with Crippen molar-refractivity contribution in [3.8, 4) is 0 Å². The Balaban J connectivity index is 2.35. The smallest absolute Gasteiger partial charge is 0.313 e. The second kappa shape index (κ2) is 7.59. The van der Waals surface area contributed by atoms with Crippen molar-refractivity contribution in [2.24, 2.45) is 0 Å². The van der Waals surface area contributed by atoms with E-state index in [1.54, 1.807) is 0 Å². The molecule has 2 rings (SSSR count). The molecular formula is C19H21BrO2. The first-order valence-electron chi connectivity index (χ1n) is 7.49. The van der Waals surface area contributed by atoms with Crippen molar-refractivity contribution in [1.29, 1.82) is 0 Å². The molecule has 0 radical (unpaired) electrons. The molecule has 0 saturated carbocycles. The van der Waals surface area contributed by atoms with E-state index in [0.29, 0.717) is 0 Å². The van der Waals surface area contributed by atoms with Crippen molar-refractivity contribution < 1.29 is 9.53 Å². The van der Waals surface area contributed by atoms with E-state index in [9.17, 15) is 4.79 Å². The van der Waals surface area contributed by atoms with E-state index in [1.165, 1.54) is 12.7 Å². The number of aryl methyl sites for hydroxylation is 1. The summed E-state index contributed by atoms with van der Waals surface area (Å²) < 4.78 is 6.03. The molecule has 22 heavy (non-hydrogen) atoms. The molecule has 0 amide bonds. The van der Waals surface area contributed by atoms with Crippen LogP contribution in [0.1, 0.15) is 42.4 Å². The number of hydrogen-bond acceptors (Lipinski definition) is 2. The largest absolute Gasteiger partial charge is 0.469 e. The molecule has 0 unspecified atom stereocenters. The van der Waals surface area contributed by atoms with Gasteiger partial charge in [0.1, 0.15) is 0 Å². The number of rotatable bonds is 5. The molecule has 0 heterocycles. The summed E-state index contributed by atoms with van der Waals surface area (Å²) in [6, 6.07) is 16.3. The van der Waals surface area contributed by atoms with Gasteiger partial charge in [0, 0.05) is 4.47 Å². The zero-order chi connectivity index (χ0) is 16.1. The zero-order valence-electron chi connectivity index (χ0n) is 13.2. The number of hydrogen-bond donors (Lipinski definition) is 0. The zero-order valence-corrected chi connectivity index (χ0v) is 14.8. The van der Waals surface area contributed by atoms with Gasteiger partial charge in [-0.3, -0.25) is 4.79 Å². The molecule has 0 saturated heterocycles. The molecule has 0 spiro atoms. The highest BCUT2D eigenvalue weighted by Gasteiger charge is 2.28. The SMILES string of the molecule is CCc1ccc([C@H](C)[C@@H](C(=O)OC)c2ccc(Br)cc2)cc1. The average molecular weight is 361 g/mol. The molecule has 0 bridgehead atoms. The number of ether oxygens (including phenoxy) is 1. The van der Waals surface area contributed by atoms with Gasteiger partial charge in [0.25, 0.3) is 0 Å². The molecule has 116 valence electrons. The topological polar surface area (TPSA) is 26.3 Å². The Labute approximate surface area is 140 Å². The van der Waals surface area contributed by atoms with E-state index in [1.807, 2.05) is 24.3 Å². The molecule has 2 aromatic carbocycles. The summed E-state index contributed by atoms with van der Waals surface area (Å²) >= 11 is 3.43. The van der Waals surface area contributed by atoms with E-state index >= 15 is 0 Å². The summed E-state index contributed by atoms with van der Waals surface area (Å²) in [6.07, 6.45) is 1.02. The average Bonchev–Trinajstić information content (AvgIpc) is 2.56. The molecule has 3 heteroatoms. The van der Waals surface area contributed by atoms with Crippen LogP contribution in [0.3, 0.4) is 0 Å². The van der Waals surface area contributed by atoms with Crippen LogP contribution in [0.5, 0.6) is 0 Å². The predicted octanol–water partition coefficient (Wildman–Crippen LogP) is 5.07. The lowest BCUT2D eigenvalue weighted by atomic mass is 9.82. The Bertz CT molecular complexity index is 617. The van der Waals surface area contributed by atoms with Gasteiger partial charge < -0.3 is 4.74 Å². The third-order valence-corrected chi connectivity index (χ3v) is 4.63. The molecule has 0 aliphatic rings. The molecular weight excluding hydrogens is 340 g/mol. The fourth-order valence-corrected chi connectivity index (χ4v) is 2.94. The van der Waals surface area contributed by atoms with Crippen LogP contribution in [0, 0.1) is 0 Å². The fourth-order valence-electron chi connectivity index (χ4n) is 2.68. The highest BCUT2D eigenvalue weighted by atomic mass is 79.9. The molecule has 0 aliphatic carbocycles. The summed E-state index contributed by atoms with van der Waals surface area (Å²) in [5.41, 5.74) is 3.42. The second-order valence-corrected chi connectivity index (χ2v) is 6.35. The van der Waals surface area contributed by atoms with Gasteiger partial charge in [0.05, 0.1) is 13.0 Å². The first-order chi connectivity index (χ1) is 10.6. The van der Waals surface area contributed by atoms with Crippen LogP contribution in [-0.4, -0.2) is 13.1 Å². The summed E-state index contributed by atoms with van der Waals surface area (Å²) in [7, 11) is 1.45. The van der Waals surface area contributed by atoms with Gasteiger partial charge in [-0.25, -0.2) is 0 Å². The fraction of sp³-hybridized carbons (Fsp3) is 0.316. The maximum Gasteiger partial charge on any atom is 0.313 e. The van der Waals surface area contributed by atoms with E-state index < -0.39 is 0 Å². The third kappa shape index (κ3) is 3.77. The lowest BCUT2D eigenvalue weighted by molar-refractivity contribution is -0.142. The first-order valence-corrected chi connectivity index (χ1v) is 8.28. The number of methoxy groups -OCH3 is 1. The van der Waals surface area contributed by atoms with Crippen LogP contribution < -0.4 is 0 Å². The Morgan fingerprint density at radius 1 is 1.05 bits per heavy atom. The van der Waals surface area contributed by atoms with E-state index in [4.69, 9.17) is 4.74 Å². The van der Waals surface area contributed by atoms with Crippen LogP contribution in [0.15, 0.2) is 53.0 Å². The standard InChI is InChI=1S/C19H21BrO2/c1-4-14-5-7-15(8-6-14)13(2)18(19(21)22-3)16-9-11-17(20)12-10-16/h5-13,18H,4H2,1-3H3/t13-,18+/m0/s1. The predicted molar refractivity (Wildman–Crippen MR) is 93.1 cm³/mol. The van der Waals surface area contributed by atoms with Crippen LogP contribution in [0.2, 0.25) is 0 Å². The summed E-state index contributed by atoms with van der Waals surface area (Å²) in [4.78, 5) is 12.3. The highest BCUT2D eigenvalue weighted by molar-refractivity contribution is 9.10. The lowest BCUT2D eigenvalue weighted by Gasteiger charge is -2.23. The van der Waals surface area contributed by atoms with Crippen molar-refractivity contribution in [2.45, 2.75) is 32.1 Å². The summed E-state index contributed by atoms with van der Waals surface area (Å²) in [5, 5.41) is 0. The Morgan fingerprint density at radius 2 is 1.59 bits per heavy atom. The van der Waals surface area contributed by atoms with Gasteiger partial charge >= 0.3 is 5.97 Å². The van der Waals surface area contributed by atoms with Crippen LogP contribution in [-0.2, 0) is 16.0 Å². The first kappa shape index (κ1) is 16.8. The minimum Gasteiger partial charge on any atom is -0.469 e. The van der Waals surface area contributed by atoms with Gasteiger partial charge in [-0.15, -0.1) is 0 Å². The highest BCUT2D eigenvalue weighted by Crippen LogP contribution is 2.34. The van der Waals surface area contributed by atoms with Crippen molar-refractivity contribution in [3.05, 3.63) is 69.7 Å². The molecule has 2 atom stereocenters. The number of benzene rings is 2. The third-order valence-electron chi connectivity index (χ3n) is 4.10. The molecule has 0 fully saturated rings. The number of carbonyl (C=O) groups excluding carboxylic acids is 1. The maximum atomic E-state index is 12.3. The van der Waals surface area contributed by atoms with Gasteiger partial charge in [-0.2, -0.15) is 0 Å². The Hall–Kier alpha value is -1.61. The number of esters is 1. The Morgan fingerprint density at radius 3 is 2.09 bits per heavy atom. The van der Waals surface area contributed by atoms with Crippen LogP contribution >= 0.6 is 15.9 Å². The Kier molecular flexibility index (Phi) is 5.78. The van der Waals surface area contributed by atoms with E-state index in [2.05, 4.69) is 54.0 Å². The minimum absolute atomic E-state index is 0.0551. The van der Waals surface area contributed by atoms with Crippen molar-refractivity contribution >= 4 is 21.9 Å². The van der Waals surface area contributed by atoms with Gasteiger partial charge in [-0.1, -0.05) is 66.2 Å². The van der Waals surface area contributed by atoms with Crippen LogP contribution in [0.4, 0.5) is 0 Å². The summed E-state index contributed by atoms with van der Waals surface area (Å²) in [5.74, 6) is -0.445. The second-order valence-electron chi connectivity index (χ2n) is 5.44. The molecule has 0 aromatic heterocycles. The van der Waals surface area contributed by atoms with E-state index in [-0.39, 0.29) is 17.8 Å². The van der Waals surface area contributed by atoms with E-state index in [0.717, 1.165) is 22.0 Å². The van der Waals surface area contributed by atoms with Gasteiger partial charge in [0.15, 0.2) is 0 Å². The molecule has 0 aliphatic heterocycles. The van der Waals surface area contributed by atoms with Gasteiger partial charge in [-0.05, 0) is 41.2 Å². The monoisotopic (exact) mass is 360 g/mol. The van der Waals surface area contributed by atoms with Crippen LogP contribution in [0.25, 0.3) is 0 Å². The molecule has 2 aromatic rings. The minimum atomic E-state index is -0.300. The maximum absolute atomic E-state index is 12.3. The van der Waals surface area contributed by atoms with Crippen molar-refractivity contribution in [2.75, 3.05) is 7.11 Å². The normalized spacial score (nSPS) is 13.5. The summed E-state index contributed by atoms with van der Waals surface area (Å²) in [6.45, 7) is 4.21. The number of halogens is 1.